The maximum Gasteiger partial charge on any atom is 0.101 e. The Kier molecular flexibility index (Phi) is 6.62. The van der Waals surface area contributed by atoms with Crippen LogP contribution in [0.25, 0.3) is 0 Å². The summed E-state index contributed by atoms with van der Waals surface area (Å²) < 4.78 is 0. The fraction of sp³-hybridized carbons (Fsp3) is 0.923. The Morgan fingerprint density at radius 2 is 1.88 bits per heavy atom. The molecule has 2 unspecified atom stereocenters. The molecule has 0 aromatic heterocycles. The fourth-order valence-electron chi connectivity index (χ4n) is 1.62. The maximum absolute atomic E-state index is 8.78. The Balaban J connectivity index is 3.72. The molecule has 3 nitrogen and oxygen atoms in total. The molecule has 0 aliphatic rings. The first-order valence-corrected chi connectivity index (χ1v) is 6.20. The van der Waals surface area contributed by atoms with E-state index in [1.807, 2.05) is 0 Å². The van der Waals surface area contributed by atoms with Crippen LogP contribution in [-0.2, 0) is 0 Å². The molecule has 0 aliphatic heterocycles. The Bertz CT molecular complexity index is 228. The van der Waals surface area contributed by atoms with E-state index in [0.717, 1.165) is 25.8 Å². The lowest BCUT2D eigenvalue weighted by molar-refractivity contribution is 0.203. The highest BCUT2D eigenvalue weighted by molar-refractivity contribution is 5.00. The number of rotatable bonds is 7. The fourth-order valence-corrected chi connectivity index (χ4v) is 1.62. The number of nitrogens with two attached hydrogens (primary N) is 1. The van der Waals surface area contributed by atoms with Crippen LogP contribution in [0.2, 0.25) is 0 Å². The van der Waals surface area contributed by atoms with Gasteiger partial charge < -0.3 is 10.6 Å². The molecular formula is C13H27N3. The van der Waals surface area contributed by atoms with Crippen LogP contribution in [0.5, 0.6) is 0 Å². The number of hydrogen-bond acceptors (Lipinski definition) is 3. The number of hydrogen-bond donors (Lipinski definition) is 1. The largest absolute Gasteiger partial charge is 0.314 e. The smallest absolute Gasteiger partial charge is 0.101 e. The van der Waals surface area contributed by atoms with Crippen molar-refractivity contribution in [3.05, 3.63) is 0 Å². The van der Waals surface area contributed by atoms with E-state index in [1.165, 1.54) is 0 Å². The summed E-state index contributed by atoms with van der Waals surface area (Å²) in [6, 6.07) is 2.75. The summed E-state index contributed by atoms with van der Waals surface area (Å²) >= 11 is 0. The van der Waals surface area contributed by atoms with Gasteiger partial charge in [0.1, 0.15) is 5.54 Å². The lowest BCUT2D eigenvalue weighted by atomic mass is 9.98. The molecule has 94 valence electrons. The van der Waals surface area contributed by atoms with Crippen LogP contribution in [0.3, 0.4) is 0 Å². The molecule has 0 radical (unpaired) electrons. The molecule has 16 heavy (non-hydrogen) atoms. The van der Waals surface area contributed by atoms with Gasteiger partial charge in [0.25, 0.3) is 0 Å². The SMILES string of the molecule is CC(C)C(C)N(C)CCCCC(C)(N)C#N. The minimum atomic E-state index is -0.651. The van der Waals surface area contributed by atoms with Gasteiger partial charge in [0, 0.05) is 6.04 Å². The molecule has 0 aromatic carbocycles. The van der Waals surface area contributed by atoms with Gasteiger partial charge in [0.2, 0.25) is 0 Å². The van der Waals surface area contributed by atoms with E-state index < -0.39 is 5.54 Å². The van der Waals surface area contributed by atoms with E-state index in [2.05, 4.69) is 38.8 Å². The van der Waals surface area contributed by atoms with E-state index in [-0.39, 0.29) is 0 Å². The van der Waals surface area contributed by atoms with Gasteiger partial charge in [-0.25, -0.2) is 0 Å². The molecule has 2 atom stereocenters. The highest BCUT2D eigenvalue weighted by atomic mass is 15.1. The van der Waals surface area contributed by atoms with Gasteiger partial charge in [-0.2, -0.15) is 5.26 Å². The molecule has 0 saturated carbocycles. The minimum Gasteiger partial charge on any atom is -0.314 e. The van der Waals surface area contributed by atoms with Crippen molar-refractivity contribution in [2.45, 2.75) is 58.5 Å². The summed E-state index contributed by atoms with van der Waals surface area (Å²) in [7, 11) is 2.16. The quantitative estimate of drug-likeness (QED) is 0.677. The monoisotopic (exact) mass is 225 g/mol. The van der Waals surface area contributed by atoms with E-state index in [1.54, 1.807) is 6.92 Å². The molecule has 0 saturated heterocycles. The second-order valence-corrected chi connectivity index (χ2v) is 5.45. The Morgan fingerprint density at radius 3 is 2.31 bits per heavy atom. The van der Waals surface area contributed by atoms with Crippen LogP contribution in [0.4, 0.5) is 0 Å². The second kappa shape index (κ2) is 6.88. The van der Waals surface area contributed by atoms with Gasteiger partial charge in [-0.1, -0.05) is 13.8 Å². The summed E-state index contributed by atoms with van der Waals surface area (Å²) in [6.07, 6.45) is 2.92. The van der Waals surface area contributed by atoms with Gasteiger partial charge in [-0.3, -0.25) is 0 Å². The lowest BCUT2D eigenvalue weighted by Crippen LogP contribution is -2.35. The van der Waals surface area contributed by atoms with Crippen LogP contribution in [0.15, 0.2) is 0 Å². The molecule has 0 heterocycles. The van der Waals surface area contributed by atoms with Crippen molar-refractivity contribution < 1.29 is 0 Å². The molecule has 0 rings (SSSR count). The average Bonchev–Trinajstić information content (AvgIpc) is 2.22. The van der Waals surface area contributed by atoms with Crippen molar-refractivity contribution in [2.75, 3.05) is 13.6 Å². The topological polar surface area (TPSA) is 53.0 Å². The van der Waals surface area contributed by atoms with Gasteiger partial charge in [-0.15, -0.1) is 0 Å². The predicted molar refractivity (Wildman–Crippen MR) is 69.0 cm³/mol. The van der Waals surface area contributed by atoms with Crippen LogP contribution in [0.1, 0.15) is 47.0 Å². The molecular weight excluding hydrogens is 198 g/mol. The van der Waals surface area contributed by atoms with Crippen LogP contribution in [-0.4, -0.2) is 30.1 Å². The van der Waals surface area contributed by atoms with Crippen molar-refractivity contribution >= 4 is 0 Å². The Morgan fingerprint density at radius 1 is 1.31 bits per heavy atom. The van der Waals surface area contributed by atoms with Crippen LogP contribution in [0, 0.1) is 17.2 Å². The average molecular weight is 225 g/mol. The van der Waals surface area contributed by atoms with Gasteiger partial charge in [0.05, 0.1) is 6.07 Å². The standard InChI is InChI=1S/C13H27N3/c1-11(2)12(3)16(5)9-7-6-8-13(4,15)10-14/h11-12H,6-9,15H2,1-5H3. The first kappa shape index (κ1) is 15.4. The summed E-state index contributed by atoms with van der Waals surface area (Å²) in [6.45, 7) is 9.63. The molecule has 0 spiro atoms. The molecule has 0 aromatic rings. The maximum atomic E-state index is 8.78. The first-order chi connectivity index (χ1) is 7.30. The Hall–Kier alpha value is -0.590. The van der Waals surface area contributed by atoms with E-state index in [0.29, 0.717) is 12.0 Å². The highest BCUT2D eigenvalue weighted by Gasteiger charge is 2.17. The molecule has 2 N–H and O–H groups in total. The summed E-state index contributed by atoms with van der Waals surface area (Å²) in [4.78, 5) is 2.38. The molecule has 0 amide bonds. The van der Waals surface area contributed by atoms with Crippen LogP contribution >= 0.6 is 0 Å². The van der Waals surface area contributed by atoms with Crippen molar-refractivity contribution in [3.8, 4) is 6.07 Å². The highest BCUT2D eigenvalue weighted by Crippen LogP contribution is 2.12. The zero-order valence-corrected chi connectivity index (χ0v) is 11.5. The van der Waals surface area contributed by atoms with Gasteiger partial charge >= 0.3 is 0 Å². The first-order valence-electron chi connectivity index (χ1n) is 6.20. The second-order valence-electron chi connectivity index (χ2n) is 5.45. The third-order valence-electron chi connectivity index (χ3n) is 3.37. The molecule has 0 aliphatic carbocycles. The van der Waals surface area contributed by atoms with Crippen LogP contribution < -0.4 is 5.73 Å². The van der Waals surface area contributed by atoms with Crippen molar-refractivity contribution in [1.29, 1.82) is 5.26 Å². The van der Waals surface area contributed by atoms with Crippen molar-refractivity contribution in [1.82, 2.24) is 4.90 Å². The van der Waals surface area contributed by atoms with Crippen molar-refractivity contribution in [2.24, 2.45) is 11.7 Å². The zero-order valence-electron chi connectivity index (χ0n) is 11.5. The normalized spacial score (nSPS) is 17.2. The number of nitriles is 1. The predicted octanol–water partition coefficient (Wildman–Crippen LogP) is 2.37. The number of unbranched alkanes of at least 4 members (excludes halogenated alkanes) is 1. The van der Waals surface area contributed by atoms with E-state index in [9.17, 15) is 0 Å². The van der Waals surface area contributed by atoms with E-state index >= 15 is 0 Å². The number of nitrogens with zero attached hydrogens (tertiary/aromatic N) is 2. The van der Waals surface area contributed by atoms with E-state index in [4.69, 9.17) is 11.0 Å². The van der Waals surface area contributed by atoms with Gasteiger partial charge in [-0.05, 0) is 52.6 Å². The zero-order chi connectivity index (χ0) is 12.8. The lowest BCUT2D eigenvalue weighted by Gasteiger charge is -2.28. The third kappa shape index (κ3) is 6.09. The summed E-state index contributed by atoms with van der Waals surface area (Å²) in [5.74, 6) is 0.684. The molecule has 3 heteroatoms. The molecule has 0 fully saturated rings. The third-order valence-corrected chi connectivity index (χ3v) is 3.37. The summed E-state index contributed by atoms with van der Waals surface area (Å²) in [5.41, 5.74) is 5.12. The summed E-state index contributed by atoms with van der Waals surface area (Å²) in [5, 5.41) is 8.78. The minimum absolute atomic E-state index is 0.611. The Labute approximate surface area is 101 Å². The molecule has 0 bridgehead atoms. The van der Waals surface area contributed by atoms with Gasteiger partial charge in [0.15, 0.2) is 0 Å². The van der Waals surface area contributed by atoms with Crippen molar-refractivity contribution in [3.63, 3.8) is 0 Å².